The molecule has 1 unspecified atom stereocenters. The molecule has 0 aromatic heterocycles. The van der Waals surface area contributed by atoms with Crippen LogP contribution in [0.25, 0.3) is 0 Å². The zero-order valence-electron chi connectivity index (χ0n) is 10.8. The molecule has 20 heavy (non-hydrogen) atoms. The van der Waals surface area contributed by atoms with Crippen molar-refractivity contribution < 1.29 is 27.1 Å². The van der Waals surface area contributed by atoms with Gasteiger partial charge in [0.2, 0.25) is 10.0 Å². The molecule has 1 aromatic rings. The molecule has 8 heteroatoms. The molecule has 1 aliphatic rings. The van der Waals surface area contributed by atoms with Crippen LogP contribution in [-0.4, -0.2) is 25.5 Å². The lowest BCUT2D eigenvalue weighted by Crippen LogP contribution is -2.29. The van der Waals surface area contributed by atoms with Gasteiger partial charge in [0.05, 0.1) is 0 Å². The van der Waals surface area contributed by atoms with E-state index in [1.807, 2.05) is 13.8 Å². The molecule has 1 aliphatic carbocycles. The molecule has 0 amide bonds. The largest absolute Gasteiger partial charge is 0.477 e. The molecule has 0 aliphatic heterocycles. The van der Waals surface area contributed by atoms with Gasteiger partial charge in [-0.2, -0.15) is 0 Å². The van der Waals surface area contributed by atoms with Crippen LogP contribution in [0.15, 0.2) is 17.0 Å². The number of carboxylic acids is 1. The fourth-order valence-corrected chi connectivity index (χ4v) is 3.35. The molecule has 1 aromatic carbocycles. The summed E-state index contributed by atoms with van der Waals surface area (Å²) in [6.07, 6.45) is 0.598. The Balaban J connectivity index is 2.43. The molecule has 0 spiro atoms. The number of carboxylic acid groups (broad SMARTS) is 1. The van der Waals surface area contributed by atoms with E-state index in [4.69, 9.17) is 5.11 Å². The van der Waals surface area contributed by atoms with Crippen LogP contribution in [0.3, 0.4) is 0 Å². The smallest absolute Gasteiger partial charge is 0.341 e. The van der Waals surface area contributed by atoms with Crippen molar-refractivity contribution in [3.05, 3.63) is 29.3 Å². The average molecular weight is 305 g/mol. The Kier molecular flexibility index (Phi) is 3.34. The Morgan fingerprint density at radius 1 is 1.40 bits per heavy atom. The Hall–Kier alpha value is -1.54. The topological polar surface area (TPSA) is 83.5 Å². The standard InChI is InChI=1S/C12H13F2NO4S/c1-12(2)5-8(12)15-20(18,19)7-4-3-6(13)9(10(7)14)11(16)17/h3-4,8,15H,5H2,1-2H3,(H,16,17). The van der Waals surface area contributed by atoms with Crippen LogP contribution in [-0.2, 0) is 10.0 Å². The van der Waals surface area contributed by atoms with Gasteiger partial charge in [-0.3, -0.25) is 0 Å². The van der Waals surface area contributed by atoms with E-state index >= 15 is 0 Å². The van der Waals surface area contributed by atoms with Crippen LogP contribution in [0, 0.1) is 17.0 Å². The first-order valence-electron chi connectivity index (χ1n) is 5.80. The third kappa shape index (κ3) is 2.53. The van der Waals surface area contributed by atoms with Crippen molar-refractivity contribution in [2.45, 2.75) is 31.2 Å². The first-order valence-corrected chi connectivity index (χ1v) is 7.28. The quantitative estimate of drug-likeness (QED) is 0.887. The minimum Gasteiger partial charge on any atom is -0.477 e. The van der Waals surface area contributed by atoms with E-state index in [2.05, 4.69) is 4.72 Å². The van der Waals surface area contributed by atoms with Crippen LogP contribution in [0.1, 0.15) is 30.6 Å². The number of benzene rings is 1. The van der Waals surface area contributed by atoms with Crippen LogP contribution in [0.2, 0.25) is 0 Å². The van der Waals surface area contributed by atoms with Crippen molar-refractivity contribution in [2.75, 3.05) is 0 Å². The van der Waals surface area contributed by atoms with Gasteiger partial charge in [0.1, 0.15) is 16.3 Å². The highest BCUT2D eigenvalue weighted by Crippen LogP contribution is 2.45. The molecule has 1 fully saturated rings. The summed E-state index contributed by atoms with van der Waals surface area (Å²) in [5.41, 5.74) is -1.50. The Labute approximate surface area is 114 Å². The lowest BCUT2D eigenvalue weighted by Gasteiger charge is -2.10. The number of hydrogen-bond acceptors (Lipinski definition) is 3. The first kappa shape index (κ1) is 14.9. The van der Waals surface area contributed by atoms with Crippen LogP contribution < -0.4 is 4.72 Å². The number of nitrogens with one attached hydrogen (secondary N) is 1. The second-order valence-corrected chi connectivity index (χ2v) is 7.09. The fourth-order valence-electron chi connectivity index (χ4n) is 1.86. The third-order valence-corrected chi connectivity index (χ3v) is 4.86. The van der Waals surface area contributed by atoms with Gasteiger partial charge in [0, 0.05) is 6.04 Å². The van der Waals surface area contributed by atoms with Crippen molar-refractivity contribution in [1.82, 2.24) is 4.72 Å². The van der Waals surface area contributed by atoms with Gasteiger partial charge in [-0.25, -0.2) is 26.7 Å². The maximum absolute atomic E-state index is 13.9. The van der Waals surface area contributed by atoms with E-state index in [1.165, 1.54) is 0 Å². The molecular formula is C12H13F2NO4S. The molecule has 2 rings (SSSR count). The van der Waals surface area contributed by atoms with Gasteiger partial charge >= 0.3 is 5.97 Å². The summed E-state index contributed by atoms with van der Waals surface area (Å²) in [6, 6.07) is 0.999. The van der Waals surface area contributed by atoms with E-state index in [0.29, 0.717) is 12.5 Å². The highest BCUT2D eigenvalue weighted by atomic mass is 32.2. The maximum Gasteiger partial charge on any atom is 0.341 e. The minimum absolute atomic E-state index is 0.223. The number of aromatic carboxylic acids is 1. The predicted octanol–water partition coefficient (Wildman–Crippen LogP) is 1.74. The molecule has 0 radical (unpaired) electrons. The summed E-state index contributed by atoms with van der Waals surface area (Å²) in [4.78, 5) is 9.90. The van der Waals surface area contributed by atoms with Crippen LogP contribution in [0.4, 0.5) is 8.78 Å². The molecule has 0 bridgehead atoms. The molecular weight excluding hydrogens is 292 g/mol. The van der Waals surface area contributed by atoms with Crippen molar-refractivity contribution >= 4 is 16.0 Å². The second kappa shape index (κ2) is 4.49. The SMILES string of the molecule is CC1(C)CC1NS(=O)(=O)c1ccc(F)c(C(=O)O)c1F. The summed E-state index contributed by atoms with van der Waals surface area (Å²) in [6.45, 7) is 3.67. The Morgan fingerprint density at radius 3 is 2.40 bits per heavy atom. The zero-order valence-corrected chi connectivity index (χ0v) is 11.6. The van der Waals surface area contributed by atoms with Gasteiger partial charge in [-0.15, -0.1) is 0 Å². The molecule has 0 heterocycles. The summed E-state index contributed by atoms with van der Waals surface area (Å²) < 4.78 is 53.4. The lowest BCUT2D eigenvalue weighted by atomic mass is 10.2. The molecule has 0 saturated heterocycles. The average Bonchev–Trinajstić information content (AvgIpc) is 2.83. The van der Waals surface area contributed by atoms with Gasteiger partial charge in [0.15, 0.2) is 5.82 Å². The zero-order chi connectivity index (χ0) is 15.3. The van der Waals surface area contributed by atoms with Crippen molar-refractivity contribution in [1.29, 1.82) is 0 Å². The van der Waals surface area contributed by atoms with Gasteiger partial charge in [-0.05, 0) is 24.0 Å². The van der Waals surface area contributed by atoms with Gasteiger partial charge < -0.3 is 5.11 Å². The van der Waals surface area contributed by atoms with E-state index in [9.17, 15) is 22.0 Å². The van der Waals surface area contributed by atoms with Crippen molar-refractivity contribution in [3.8, 4) is 0 Å². The van der Waals surface area contributed by atoms with Crippen molar-refractivity contribution in [2.24, 2.45) is 5.41 Å². The number of carbonyl (C=O) groups is 1. The lowest BCUT2D eigenvalue weighted by molar-refractivity contribution is 0.0685. The Bertz CT molecular complexity index is 685. The maximum atomic E-state index is 13.9. The molecule has 5 nitrogen and oxygen atoms in total. The highest BCUT2D eigenvalue weighted by molar-refractivity contribution is 7.89. The van der Waals surface area contributed by atoms with E-state index < -0.39 is 38.1 Å². The molecule has 2 N–H and O–H groups in total. The van der Waals surface area contributed by atoms with E-state index in [-0.39, 0.29) is 11.5 Å². The predicted molar refractivity (Wildman–Crippen MR) is 65.8 cm³/mol. The van der Waals surface area contributed by atoms with Crippen molar-refractivity contribution in [3.63, 3.8) is 0 Å². The minimum atomic E-state index is -4.23. The molecule has 110 valence electrons. The van der Waals surface area contributed by atoms with E-state index in [0.717, 1.165) is 6.07 Å². The van der Waals surface area contributed by atoms with Crippen LogP contribution in [0.5, 0.6) is 0 Å². The summed E-state index contributed by atoms with van der Waals surface area (Å²) >= 11 is 0. The summed E-state index contributed by atoms with van der Waals surface area (Å²) in [5.74, 6) is -4.77. The molecule has 1 atom stereocenters. The highest BCUT2D eigenvalue weighted by Gasteiger charge is 2.48. The number of hydrogen-bond donors (Lipinski definition) is 2. The van der Waals surface area contributed by atoms with E-state index in [1.54, 1.807) is 0 Å². The number of sulfonamides is 1. The number of rotatable bonds is 4. The van der Waals surface area contributed by atoms with Crippen LogP contribution >= 0.6 is 0 Å². The second-order valence-electron chi connectivity index (χ2n) is 5.41. The van der Waals surface area contributed by atoms with Gasteiger partial charge in [0.25, 0.3) is 0 Å². The molecule has 1 saturated carbocycles. The summed E-state index contributed by atoms with van der Waals surface area (Å²) in [5, 5.41) is 8.72. The van der Waals surface area contributed by atoms with Gasteiger partial charge in [-0.1, -0.05) is 13.8 Å². The summed E-state index contributed by atoms with van der Waals surface area (Å²) in [7, 11) is -4.23. The fraction of sp³-hybridized carbons (Fsp3) is 0.417. The first-order chi connectivity index (χ1) is 9.06. The normalized spacial score (nSPS) is 20.7. The number of halogens is 2. The third-order valence-electron chi connectivity index (χ3n) is 3.37. The monoisotopic (exact) mass is 305 g/mol. The Morgan fingerprint density at radius 2 is 1.95 bits per heavy atom.